The van der Waals surface area contributed by atoms with Crippen LogP contribution in [0.3, 0.4) is 0 Å². The molecule has 1 fully saturated rings. The largest absolute Gasteiger partial charge is 0.381 e. The molecule has 5 amide bonds. The molecule has 7 atom stereocenters. The summed E-state index contributed by atoms with van der Waals surface area (Å²) in [5.41, 5.74) is 15.4. The van der Waals surface area contributed by atoms with Gasteiger partial charge in [0, 0.05) is 26.2 Å². The van der Waals surface area contributed by atoms with Gasteiger partial charge in [0.25, 0.3) is 0 Å². The first-order valence-electron chi connectivity index (χ1n) is 20.1. The predicted molar refractivity (Wildman–Crippen MR) is 208 cm³/mol. The monoisotopic (exact) mass is 754 g/mol. The molecule has 308 valence electrons. The van der Waals surface area contributed by atoms with Crippen LogP contribution in [0.25, 0.3) is 0 Å². The Hall–Kier alpha value is -2.81. The molecule has 0 aliphatic heterocycles. The molecule has 0 spiro atoms. The fourth-order valence-electron chi connectivity index (χ4n) is 7.02. The van der Waals surface area contributed by atoms with Gasteiger partial charge in [0.2, 0.25) is 29.5 Å². The zero-order valence-corrected chi connectivity index (χ0v) is 34.2. The van der Waals surface area contributed by atoms with E-state index in [1.54, 1.807) is 14.0 Å². The fraction of sp³-hybridized carbons (Fsp3) is 0.872. The number of nitrogens with two attached hydrogens (primary N) is 3. The van der Waals surface area contributed by atoms with Crippen molar-refractivity contribution < 1.29 is 33.4 Å². The van der Waals surface area contributed by atoms with Crippen LogP contribution in [-0.4, -0.2) is 104 Å². The van der Waals surface area contributed by atoms with Crippen molar-refractivity contribution in [2.24, 2.45) is 40.9 Å². The van der Waals surface area contributed by atoms with E-state index in [9.17, 15) is 24.0 Å². The number of ether oxygens (including phenoxy) is 2. The second kappa shape index (κ2) is 25.3. The molecule has 0 aromatic rings. The van der Waals surface area contributed by atoms with Gasteiger partial charge >= 0.3 is 0 Å². The van der Waals surface area contributed by atoms with E-state index in [2.05, 4.69) is 22.9 Å². The summed E-state index contributed by atoms with van der Waals surface area (Å²) in [6, 6.07) is -2.29. The lowest BCUT2D eigenvalue weighted by Gasteiger charge is -2.42. The van der Waals surface area contributed by atoms with E-state index in [4.69, 9.17) is 26.7 Å². The van der Waals surface area contributed by atoms with Gasteiger partial charge in [-0.3, -0.25) is 24.0 Å². The molecule has 1 saturated carbocycles. The molecule has 14 heteroatoms. The molecule has 0 saturated heterocycles. The van der Waals surface area contributed by atoms with Crippen LogP contribution in [0.5, 0.6) is 0 Å². The Labute approximate surface area is 319 Å². The zero-order chi connectivity index (χ0) is 40.1. The van der Waals surface area contributed by atoms with Crippen LogP contribution < -0.4 is 33.2 Å². The molecule has 1 aliphatic rings. The lowest BCUT2D eigenvalue weighted by Crippen LogP contribution is -2.64. The molecule has 1 rings (SSSR count). The van der Waals surface area contributed by atoms with Crippen molar-refractivity contribution in [2.45, 2.75) is 155 Å². The predicted octanol–water partition coefficient (Wildman–Crippen LogP) is 2.74. The third-order valence-electron chi connectivity index (χ3n) is 10.5. The highest BCUT2D eigenvalue weighted by Gasteiger charge is 2.45. The van der Waals surface area contributed by atoms with E-state index < -0.39 is 47.4 Å². The number of carbonyl (C=O) groups excluding carboxylic acids is 5. The number of hydrogen-bond acceptors (Lipinski definition) is 9. The lowest BCUT2D eigenvalue weighted by molar-refractivity contribution is -0.153. The van der Waals surface area contributed by atoms with Gasteiger partial charge < -0.3 is 47.5 Å². The van der Waals surface area contributed by atoms with Crippen LogP contribution >= 0.6 is 0 Å². The fourth-order valence-corrected chi connectivity index (χ4v) is 7.02. The highest BCUT2D eigenvalue weighted by atomic mass is 16.5. The molecule has 53 heavy (non-hydrogen) atoms. The first kappa shape index (κ1) is 48.2. The molecule has 0 heterocycles. The summed E-state index contributed by atoms with van der Waals surface area (Å²) in [5, 5.41) is 8.66. The highest BCUT2D eigenvalue weighted by Crippen LogP contribution is 2.30. The molecular weight excluding hydrogens is 678 g/mol. The van der Waals surface area contributed by atoms with Crippen molar-refractivity contribution in [2.75, 3.05) is 40.0 Å². The van der Waals surface area contributed by atoms with E-state index >= 15 is 0 Å². The summed E-state index contributed by atoms with van der Waals surface area (Å²) in [7, 11) is 1.64. The molecule has 0 aromatic heterocycles. The van der Waals surface area contributed by atoms with Crippen LogP contribution in [0, 0.1) is 23.7 Å². The van der Waals surface area contributed by atoms with Crippen molar-refractivity contribution in [1.29, 1.82) is 0 Å². The molecule has 9 N–H and O–H groups in total. The van der Waals surface area contributed by atoms with Gasteiger partial charge in [-0.25, -0.2) is 0 Å². The number of rotatable bonds is 27. The van der Waals surface area contributed by atoms with Crippen LogP contribution in [0.15, 0.2) is 0 Å². The van der Waals surface area contributed by atoms with Crippen molar-refractivity contribution >= 4 is 29.5 Å². The van der Waals surface area contributed by atoms with Crippen LogP contribution in [0.1, 0.15) is 126 Å². The average Bonchev–Trinajstić information content (AvgIpc) is 3.12. The van der Waals surface area contributed by atoms with E-state index in [1.165, 1.54) is 4.90 Å². The standard InChI is InChI=1S/C39H75N7O7/c1-9-10-11-15-19-32(53-25-28(5)43-35(48)27(4)24-52-21-16-20-40)29(6)37(50)46(8)39(7,22-26(2)3)38(51)45-33(30-17-13-12-14-18-30)36(49)44-31(23-41)34(42)47/h26-33H,9-25,40-41H2,1-8H3,(H2,42,47)(H,43,48)(H,44,49)(H,45,51)/t27-,28+,29+,31-,32+,33-,39?/m0/s1. The summed E-state index contributed by atoms with van der Waals surface area (Å²) in [5.74, 6) is -3.14. The number of likely N-dealkylation sites (N-methyl/N-ethyl adjacent to an activating group) is 1. The number of nitrogens with one attached hydrogen (secondary N) is 3. The van der Waals surface area contributed by atoms with Gasteiger partial charge in [-0.05, 0) is 64.3 Å². The Bertz CT molecular complexity index is 1120. The first-order chi connectivity index (χ1) is 25.0. The summed E-state index contributed by atoms with van der Waals surface area (Å²) < 4.78 is 12.0. The molecular formula is C39H75N7O7. The maximum absolute atomic E-state index is 14.4. The number of amides is 5. The molecule has 14 nitrogen and oxygen atoms in total. The first-order valence-corrected chi connectivity index (χ1v) is 20.1. The maximum Gasteiger partial charge on any atom is 0.246 e. The molecule has 1 aliphatic carbocycles. The van der Waals surface area contributed by atoms with Crippen LogP contribution in [0.2, 0.25) is 0 Å². The SMILES string of the molecule is CCCCCC[C@@H](OC[C@@H](C)NC(=O)[C@@H](C)COCCCN)[C@@H](C)C(=O)N(C)C(C)(CC(C)C)C(=O)N[C@H](C(=O)N[C@@H](CN)C(N)=O)C1CCCCC1. The average molecular weight is 754 g/mol. The Morgan fingerprint density at radius 3 is 2.09 bits per heavy atom. The number of primary amides is 1. The second-order valence-corrected chi connectivity index (χ2v) is 15.9. The van der Waals surface area contributed by atoms with Crippen LogP contribution in [0.4, 0.5) is 0 Å². The van der Waals surface area contributed by atoms with Crippen molar-refractivity contribution in [3.05, 3.63) is 0 Å². The third kappa shape index (κ3) is 16.6. The quantitative estimate of drug-likeness (QED) is 0.0678. The second-order valence-electron chi connectivity index (χ2n) is 15.9. The van der Waals surface area contributed by atoms with Gasteiger partial charge in [-0.2, -0.15) is 0 Å². The highest BCUT2D eigenvalue weighted by molar-refractivity contribution is 5.96. The Morgan fingerprint density at radius 2 is 1.53 bits per heavy atom. The minimum absolute atomic E-state index is 0.0359. The summed E-state index contributed by atoms with van der Waals surface area (Å²) >= 11 is 0. The normalized spacial score (nSPS) is 18.2. The van der Waals surface area contributed by atoms with Gasteiger partial charge in [-0.1, -0.05) is 79.6 Å². The zero-order valence-electron chi connectivity index (χ0n) is 34.2. The third-order valence-corrected chi connectivity index (χ3v) is 10.5. The Morgan fingerprint density at radius 1 is 0.868 bits per heavy atom. The van der Waals surface area contributed by atoms with Gasteiger partial charge in [0.1, 0.15) is 17.6 Å². The van der Waals surface area contributed by atoms with Gasteiger partial charge in [-0.15, -0.1) is 0 Å². The number of nitrogens with zero attached hydrogens (tertiary/aromatic N) is 1. The van der Waals surface area contributed by atoms with Crippen molar-refractivity contribution in [3.8, 4) is 0 Å². The summed E-state index contributed by atoms with van der Waals surface area (Å²) in [6.07, 6.45) is 9.65. The summed E-state index contributed by atoms with van der Waals surface area (Å²) in [4.78, 5) is 68.6. The Balaban J connectivity index is 3.23. The Kier molecular flexibility index (Phi) is 23.0. The number of hydrogen-bond donors (Lipinski definition) is 6. The van der Waals surface area contributed by atoms with E-state index in [0.29, 0.717) is 32.6 Å². The summed E-state index contributed by atoms with van der Waals surface area (Å²) in [6.45, 7) is 14.7. The van der Waals surface area contributed by atoms with E-state index in [-0.39, 0.29) is 48.8 Å². The van der Waals surface area contributed by atoms with Gasteiger partial charge in [0.05, 0.1) is 31.2 Å². The molecule has 0 aromatic carbocycles. The molecule has 0 radical (unpaired) electrons. The molecule has 0 bridgehead atoms. The van der Waals surface area contributed by atoms with E-state index in [0.717, 1.165) is 64.2 Å². The number of carbonyl (C=O) groups is 5. The smallest absolute Gasteiger partial charge is 0.246 e. The van der Waals surface area contributed by atoms with Gasteiger partial charge in [0.15, 0.2) is 0 Å². The van der Waals surface area contributed by atoms with Crippen molar-refractivity contribution in [3.63, 3.8) is 0 Å². The van der Waals surface area contributed by atoms with Crippen LogP contribution in [-0.2, 0) is 33.4 Å². The lowest BCUT2D eigenvalue weighted by atomic mass is 9.82. The van der Waals surface area contributed by atoms with E-state index in [1.807, 2.05) is 34.6 Å². The minimum atomic E-state index is -1.31. The number of unbranched alkanes of at least 4 members (excludes halogenated alkanes) is 3. The minimum Gasteiger partial charge on any atom is -0.381 e. The van der Waals surface area contributed by atoms with Crippen molar-refractivity contribution in [1.82, 2.24) is 20.9 Å². The topological polar surface area (TPSA) is 221 Å². The maximum atomic E-state index is 14.4. The molecule has 1 unspecified atom stereocenters.